The first-order chi connectivity index (χ1) is 9.22. The second-order valence-corrected chi connectivity index (χ2v) is 4.21. The van der Waals surface area contributed by atoms with E-state index in [0.717, 1.165) is 17.8 Å². The molecule has 0 unspecified atom stereocenters. The normalized spacial score (nSPS) is 9.95. The molecule has 0 atom stereocenters. The molecular formula is C15H15N3O. The highest BCUT2D eigenvalue weighted by atomic mass is 16.5. The Bertz CT molecular complexity index is 600. The van der Waals surface area contributed by atoms with E-state index in [2.05, 4.69) is 16.4 Å². The Kier molecular flexibility index (Phi) is 4.11. The lowest BCUT2D eigenvalue weighted by Crippen LogP contribution is -2.05. The van der Waals surface area contributed by atoms with E-state index in [4.69, 9.17) is 10.00 Å². The lowest BCUT2D eigenvalue weighted by molar-refractivity contribution is 0.478. The van der Waals surface area contributed by atoms with E-state index in [1.54, 1.807) is 6.20 Å². The fraction of sp³-hybridized carbons (Fsp3) is 0.200. The van der Waals surface area contributed by atoms with Crippen LogP contribution in [0.3, 0.4) is 0 Å². The van der Waals surface area contributed by atoms with Crippen molar-refractivity contribution in [3.63, 3.8) is 0 Å². The number of hydrogen-bond acceptors (Lipinski definition) is 4. The van der Waals surface area contributed by atoms with Gasteiger partial charge in [-0.25, -0.2) is 0 Å². The summed E-state index contributed by atoms with van der Waals surface area (Å²) in [6.07, 6.45) is 1.65. The number of aromatic nitrogens is 1. The Hall–Kier alpha value is -2.38. The van der Waals surface area contributed by atoms with Gasteiger partial charge in [-0.15, -0.1) is 0 Å². The number of rotatable bonds is 4. The zero-order valence-electron chi connectivity index (χ0n) is 11.0. The van der Waals surface area contributed by atoms with Crippen LogP contribution in [0.25, 0.3) is 0 Å². The van der Waals surface area contributed by atoms with E-state index >= 15 is 0 Å². The van der Waals surface area contributed by atoms with E-state index in [9.17, 15) is 0 Å². The fourth-order valence-electron chi connectivity index (χ4n) is 1.71. The van der Waals surface area contributed by atoms with Crippen LogP contribution in [-0.2, 0) is 6.54 Å². The molecule has 1 aromatic heterocycles. The second-order valence-electron chi connectivity index (χ2n) is 4.21. The third-order valence-electron chi connectivity index (χ3n) is 2.66. The third kappa shape index (κ3) is 3.30. The monoisotopic (exact) mass is 253 g/mol. The number of nitrogens with zero attached hydrogens (tertiary/aromatic N) is 2. The summed E-state index contributed by atoms with van der Waals surface area (Å²) < 4.78 is 5.68. The number of nitrogens with one attached hydrogen (secondary N) is 1. The highest BCUT2D eigenvalue weighted by molar-refractivity contribution is 5.47. The molecule has 0 bridgehead atoms. The lowest BCUT2D eigenvalue weighted by Gasteiger charge is -2.09. The van der Waals surface area contributed by atoms with Gasteiger partial charge in [-0.3, -0.25) is 4.98 Å². The van der Waals surface area contributed by atoms with Crippen LogP contribution in [0.15, 0.2) is 36.5 Å². The first kappa shape index (κ1) is 13.1. The Labute approximate surface area is 112 Å². The molecule has 0 aliphatic heterocycles. The summed E-state index contributed by atoms with van der Waals surface area (Å²) >= 11 is 0. The van der Waals surface area contributed by atoms with Crippen LogP contribution in [0.2, 0.25) is 0 Å². The minimum absolute atomic E-state index is 0.522. The molecule has 0 saturated heterocycles. The van der Waals surface area contributed by atoms with Crippen LogP contribution < -0.4 is 10.1 Å². The first-order valence-corrected chi connectivity index (χ1v) is 6.01. The number of nitriles is 1. The van der Waals surface area contributed by atoms with Crippen molar-refractivity contribution in [1.82, 2.24) is 10.3 Å². The molecule has 0 radical (unpaired) electrons. The van der Waals surface area contributed by atoms with E-state index in [-0.39, 0.29) is 0 Å². The molecule has 0 amide bonds. The predicted octanol–water partition coefficient (Wildman–Crippen LogP) is 2.77. The van der Waals surface area contributed by atoms with Gasteiger partial charge < -0.3 is 10.1 Å². The molecule has 0 saturated carbocycles. The highest BCUT2D eigenvalue weighted by Crippen LogP contribution is 2.25. The summed E-state index contributed by atoms with van der Waals surface area (Å²) in [7, 11) is 1.87. The maximum Gasteiger partial charge on any atom is 0.145 e. The van der Waals surface area contributed by atoms with Gasteiger partial charge in [0, 0.05) is 12.2 Å². The van der Waals surface area contributed by atoms with Crippen LogP contribution in [0.1, 0.15) is 16.8 Å². The van der Waals surface area contributed by atoms with Gasteiger partial charge in [-0.05, 0) is 43.8 Å². The van der Waals surface area contributed by atoms with E-state index < -0.39 is 0 Å². The topological polar surface area (TPSA) is 57.9 Å². The van der Waals surface area contributed by atoms with E-state index in [0.29, 0.717) is 17.1 Å². The Morgan fingerprint density at radius 2 is 2.16 bits per heavy atom. The molecule has 2 rings (SSSR count). The Balaban J connectivity index is 2.25. The van der Waals surface area contributed by atoms with Crippen LogP contribution in [0.4, 0.5) is 0 Å². The molecular weight excluding hydrogens is 238 g/mol. The van der Waals surface area contributed by atoms with Crippen LogP contribution in [-0.4, -0.2) is 12.0 Å². The van der Waals surface area contributed by atoms with Gasteiger partial charge >= 0.3 is 0 Å². The summed E-state index contributed by atoms with van der Waals surface area (Å²) in [6.45, 7) is 2.64. The summed E-state index contributed by atoms with van der Waals surface area (Å²) in [5.74, 6) is 1.18. The van der Waals surface area contributed by atoms with E-state index in [1.165, 1.54) is 0 Å². The quantitative estimate of drug-likeness (QED) is 0.910. The molecule has 96 valence electrons. The summed E-state index contributed by atoms with van der Waals surface area (Å²) in [5.41, 5.74) is 2.50. The largest absolute Gasteiger partial charge is 0.454 e. The average Bonchev–Trinajstić information content (AvgIpc) is 2.43. The first-order valence-electron chi connectivity index (χ1n) is 6.01. The maximum atomic E-state index is 9.17. The van der Waals surface area contributed by atoms with Crippen molar-refractivity contribution < 1.29 is 4.74 Å². The fourth-order valence-corrected chi connectivity index (χ4v) is 1.71. The van der Waals surface area contributed by atoms with Gasteiger partial charge in [0.1, 0.15) is 17.6 Å². The molecule has 4 heteroatoms. The second kappa shape index (κ2) is 5.98. The lowest BCUT2D eigenvalue weighted by atomic mass is 10.1. The standard InChI is InChI=1S/C15H15N3O/c1-11-3-5-14(10-18-11)19-15-6-4-12(9-17-2)7-13(15)8-16/h3-7,10,17H,9H2,1-2H3. The number of pyridine rings is 1. The van der Waals surface area contributed by atoms with Gasteiger partial charge in [0.15, 0.2) is 0 Å². The molecule has 19 heavy (non-hydrogen) atoms. The molecule has 2 aromatic rings. The van der Waals surface area contributed by atoms with Gasteiger partial charge in [0.2, 0.25) is 0 Å². The molecule has 1 heterocycles. The number of hydrogen-bond donors (Lipinski definition) is 1. The number of aryl methyl sites for hydroxylation is 1. The predicted molar refractivity (Wildman–Crippen MR) is 73.0 cm³/mol. The molecule has 0 fully saturated rings. The van der Waals surface area contributed by atoms with E-state index in [1.807, 2.05) is 44.3 Å². The molecule has 1 N–H and O–H groups in total. The van der Waals surface area contributed by atoms with Crippen molar-refractivity contribution >= 4 is 0 Å². The van der Waals surface area contributed by atoms with Crippen molar-refractivity contribution in [1.29, 1.82) is 5.26 Å². The third-order valence-corrected chi connectivity index (χ3v) is 2.66. The average molecular weight is 253 g/mol. The van der Waals surface area contributed by atoms with Gasteiger partial charge in [-0.1, -0.05) is 6.07 Å². The van der Waals surface area contributed by atoms with Crippen molar-refractivity contribution in [2.45, 2.75) is 13.5 Å². The molecule has 0 spiro atoms. The van der Waals surface area contributed by atoms with Crippen LogP contribution in [0, 0.1) is 18.3 Å². The minimum Gasteiger partial charge on any atom is -0.454 e. The van der Waals surface area contributed by atoms with Crippen molar-refractivity contribution in [3.05, 3.63) is 53.3 Å². The SMILES string of the molecule is CNCc1ccc(Oc2ccc(C)nc2)c(C#N)c1. The Morgan fingerprint density at radius 3 is 2.79 bits per heavy atom. The van der Waals surface area contributed by atoms with Crippen molar-refractivity contribution in [2.24, 2.45) is 0 Å². The van der Waals surface area contributed by atoms with Gasteiger partial charge in [-0.2, -0.15) is 5.26 Å². The summed E-state index contributed by atoms with van der Waals surface area (Å²) in [6, 6.07) is 11.4. The van der Waals surface area contributed by atoms with Crippen molar-refractivity contribution in [2.75, 3.05) is 7.05 Å². The summed E-state index contributed by atoms with van der Waals surface area (Å²) in [4.78, 5) is 4.16. The zero-order valence-corrected chi connectivity index (χ0v) is 11.0. The molecule has 1 aromatic carbocycles. The van der Waals surface area contributed by atoms with Gasteiger partial charge in [0.25, 0.3) is 0 Å². The van der Waals surface area contributed by atoms with Gasteiger partial charge in [0.05, 0.1) is 11.8 Å². The Morgan fingerprint density at radius 1 is 1.32 bits per heavy atom. The number of ether oxygens (including phenoxy) is 1. The van der Waals surface area contributed by atoms with Crippen LogP contribution >= 0.6 is 0 Å². The van der Waals surface area contributed by atoms with Crippen LogP contribution in [0.5, 0.6) is 11.5 Å². The smallest absolute Gasteiger partial charge is 0.145 e. The maximum absolute atomic E-state index is 9.17. The summed E-state index contributed by atoms with van der Waals surface area (Å²) in [5, 5.41) is 12.2. The molecule has 0 aliphatic rings. The van der Waals surface area contributed by atoms with Crippen molar-refractivity contribution in [3.8, 4) is 17.6 Å². The minimum atomic E-state index is 0.522. The molecule has 4 nitrogen and oxygen atoms in total. The highest BCUT2D eigenvalue weighted by Gasteiger charge is 2.06. The number of benzene rings is 1. The zero-order chi connectivity index (χ0) is 13.7. The molecule has 0 aliphatic carbocycles.